The summed E-state index contributed by atoms with van der Waals surface area (Å²) in [4.78, 5) is 40.9. The van der Waals surface area contributed by atoms with Gasteiger partial charge in [-0.1, -0.05) is 6.07 Å². The Morgan fingerprint density at radius 2 is 1.62 bits per heavy atom. The Morgan fingerprint density at radius 3 is 2.24 bits per heavy atom. The second-order valence-electron chi connectivity index (χ2n) is 14.2. The molecule has 6 rings (SSSR count). The largest absolute Gasteiger partial charge is 0.744 e. The van der Waals surface area contributed by atoms with Crippen LogP contribution in [0, 0.1) is 44.9 Å². The lowest BCUT2D eigenvalue weighted by atomic mass is 9.86. The fourth-order valence-electron chi connectivity index (χ4n) is 7.35. The maximum absolute atomic E-state index is 14.2. The van der Waals surface area contributed by atoms with Gasteiger partial charge in [0.05, 0.1) is 57.5 Å². The number of hydrogen-bond donors (Lipinski definition) is 3. The van der Waals surface area contributed by atoms with Crippen molar-refractivity contribution in [2.45, 2.75) is 76.9 Å². The second-order valence-corrected chi connectivity index (χ2v) is 15.6. The number of amides is 2. The zero-order valence-corrected chi connectivity index (χ0v) is 33.3. The molecule has 0 radical (unpaired) electrons. The summed E-state index contributed by atoms with van der Waals surface area (Å²) in [5.41, 5.74) is 1.72. The molecule has 0 spiro atoms. The van der Waals surface area contributed by atoms with Gasteiger partial charge in [0, 0.05) is 12.6 Å². The summed E-state index contributed by atoms with van der Waals surface area (Å²) in [6, 6.07) is 14.4. The number of hydrogen-bond acceptors (Lipinski definition) is 8. The smallest absolute Gasteiger partial charge is 0.416 e. The van der Waals surface area contributed by atoms with Crippen LogP contribution in [0.1, 0.15) is 64.8 Å². The number of halogens is 3. The maximum atomic E-state index is 14.2. The van der Waals surface area contributed by atoms with Gasteiger partial charge in [0.15, 0.2) is 0 Å². The molecule has 0 atom stereocenters. The second kappa shape index (κ2) is 16.8. The summed E-state index contributed by atoms with van der Waals surface area (Å²) < 4.78 is 80.0. The molecule has 306 valence electrons. The highest BCUT2D eigenvalue weighted by atomic mass is 32.2. The average molecular weight is 821 g/mol. The van der Waals surface area contributed by atoms with E-state index >= 15 is 0 Å². The van der Waals surface area contributed by atoms with Crippen molar-refractivity contribution in [2.24, 2.45) is 5.92 Å². The molecule has 6 N–H and O–H groups in total. The Balaban J connectivity index is 0.00000641. The first-order valence-electron chi connectivity index (χ1n) is 18.1. The number of quaternary nitrogens is 1. The van der Waals surface area contributed by atoms with E-state index in [4.69, 9.17) is 0 Å². The van der Waals surface area contributed by atoms with E-state index < -0.39 is 33.6 Å². The monoisotopic (exact) mass is 820 g/mol. The van der Waals surface area contributed by atoms with Crippen molar-refractivity contribution in [2.75, 3.05) is 6.54 Å². The number of imidazole rings is 1. The molecule has 3 aromatic carbocycles. The first kappa shape index (κ1) is 43.1. The molecule has 2 amide bonds. The van der Waals surface area contributed by atoms with Crippen LogP contribution in [-0.4, -0.2) is 56.4 Å². The van der Waals surface area contributed by atoms with Crippen molar-refractivity contribution in [1.29, 1.82) is 5.26 Å². The van der Waals surface area contributed by atoms with Gasteiger partial charge in [0.1, 0.15) is 15.8 Å². The topological polar surface area (TPSA) is 220 Å². The molecule has 1 aliphatic rings. The van der Waals surface area contributed by atoms with Crippen LogP contribution >= 0.6 is 0 Å². The lowest BCUT2D eigenvalue weighted by molar-refractivity contribution is -0.137. The Labute approximate surface area is 332 Å². The predicted molar refractivity (Wildman–Crippen MR) is 208 cm³/mol. The fourth-order valence-corrected chi connectivity index (χ4v) is 8.17. The van der Waals surface area contributed by atoms with Crippen molar-refractivity contribution in [3.63, 3.8) is 0 Å². The van der Waals surface area contributed by atoms with Crippen molar-refractivity contribution >= 4 is 22.1 Å². The highest BCUT2D eigenvalue weighted by Crippen LogP contribution is 2.33. The molecule has 58 heavy (non-hydrogen) atoms. The minimum atomic E-state index is -4.73. The summed E-state index contributed by atoms with van der Waals surface area (Å²) >= 11 is 0. The Kier molecular flexibility index (Phi) is 12.5. The minimum absolute atomic E-state index is 0. The standard InChI is InChI=1S/C40H40F3N7O6S.H3N/c1-23-24(2)29(18-35(25(23)3)57(54,55)56)19-36(51)45-22-28-8-12-31(13-9-28)47-38(52)49-37(34-16-17-46-50(34)32-14-10-27(21-44)11-15-32)26(4)48(39(49)53)33-7-5-6-30(20-33)40(41,42)43;/h5-7,10-11,14-18,20,28,31H,8-9,12-13,19,22H2,1-4H3,(H,45,51)(H,47,52)(H,54,55,56);1H3. The van der Waals surface area contributed by atoms with E-state index in [-0.39, 0.29) is 52.4 Å². The number of alkyl halides is 3. The van der Waals surface area contributed by atoms with E-state index in [1.165, 1.54) is 36.0 Å². The van der Waals surface area contributed by atoms with E-state index in [0.29, 0.717) is 65.9 Å². The number of nitriles is 1. The van der Waals surface area contributed by atoms with Gasteiger partial charge in [-0.2, -0.15) is 23.5 Å². The molecule has 0 bridgehead atoms. The average Bonchev–Trinajstić information content (AvgIpc) is 3.75. The van der Waals surface area contributed by atoms with Gasteiger partial charge in [0.25, 0.3) is 0 Å². The summed E-state index contributed by atoms with van der Waals surface area (Å²) in [6.07, 6.45) is -1.09. The van der Waals surface area contributed by atoms with Gasteiger partial charge in [-0.25, -0.2) is 27.3 Å². The molecule has 1 aliphatic carbocycles. The molecule has 18 heteroatoms. The quantitative estimate of drug-likeness (QED) is 0.142. The zero-order valence-electron chi connectivity index (χ0n) is 32.5. The lowest BCUT2D eigenvalue weighted by Crippen LogP contribution is -2.44. The van der Waals surface area contributed by atoms with Gasteiger partial charge in [0.2, 0.25) is 5.91 Å². The molecular formula is C40H43F3N8O6S. The number of nitrogens with one attached hydrogen (secondary N) is 2. The van der Waals surface area contributed by atoms with Gasteiger partial charge in [-0.3, -0.25) is 9.36 Å². The summed E-state index contributed by atoms with van der Waals surface area (Å²) in [5, 5.41) is 19.5. The molecule has 0 unspecified atom stereocenters. The Hall–Kier alpha value is -6.03. The number of benzene rings is 3. The van der Waals surface area contributed by atoms with Gasteiger partial charge in [-0.05, 0) is 136 Å². The number of rotatable bonds is 9. The van der Waals surface area contributed by atoms with Crippen LogP contribution in [0.4, 0.5) is 18.0 Å². The van der Waals surface area contributed by atoms with Crippen molar-refractivity contribution in [1.82, 2.24) is 35.7 Å². The van der Waals surface area contributed by atoms with Crippen molar-refractivity contribution in [3.05, 3.63) is 116 Å². The fraction of sp³-hybridized carbons (Fsp3) is 0.325. The van der Waals surface area contributed by atoms with E-state index in [1.54, 1.807) is 51.1 Å². The molecule has 2 heterocycles. The van der Waals surface area contributed by atoms with Gasteiger partial charge < -0.3 is 21.3 Å². The summed E-state index contributed by atoms with van der Waals surface area (Å²) in [7, 11) is -4.73. The van der Waals surface area contributed by atoms with Gasteiger partial charge >= 0.3 is 17.9 Å². The van der Waals surface area contributed by atoms with Crippen molar-refractivity contribution in [3.8, 4) is 28.8 Å². The predicted octanol–water partition coefficient (Wildman–Crippen LogP) is 6.37. The van der Waals surface area contributed by atoms with Crippen LogP contribution in [0.3, 0.4) is 0 Å². The molecule has 14 nitrogen and oxygen atoms in total. The maximum Gasteiger partial charge on any atom is 0.416 e. The van der Waals surface area contributed by atoms with Gasteiger partial charge in [-0.15, -0.1) is 0 Å². The normalized spacial score (nSPS) is 15.6. The molecule has 1 fully saturated rings. The summed E-state index contributed by atoms with van der Waals surface area (Å²) in [6.45, 7) is 6.89. The van der Waals surface area contributed by atoms with E-state index in [2.05, 4.69) is 15.7 Å². The number of carbonyl (C=O) groups excluding carboxylic acids is 2. The Morgan fingerprint density at radius 1 is 0.948 bits per heavy atom. The molecule has 0 aliphatic heterocycles. The molecule has 5 aromatic rings. The number of carbonyl (C=O) groups is 2. The lowest BCUT2D eigenvalue weighted by Gasteiger charge is -2.29. The third-order valence-corrected chi connectivity index (χ3v) is 11.7. The Bertz CT molecular complexity index is 2580. The van der Waals surface area contributed by atoms with Crippen LogP contribution in [0.5, 0.6) is 0 Å². The highest BCUT2D eigenvalue weighted by Gasteiger charge is 2.33. The first-order valence-corrected chi connectivity index (χ1v) is 19.5. The van der Waals surface area contributed by atoms with E-state index in [0.717, 1.165) is 26.8 Å². The molecule has 1 saturated carbocycles. The SMILES string of the molecule is Cc1c(CC(=O)NCC2CCC(NC(=O)n3c(-c4ccnn4-c4ccc(C#N)cc4)c(C)n(-c4cccc(C(F)(F)F)c4)c3=O)CC2)cc(S(=O)(=O)[O-])c(C)c1C.[NH4+]. The zero-order chi connectivity index (χ0) is 41.4. The minimum Gasteiger partial charge on any atom is -0.744 e. The van der Waals surface area contributed by atoms with Crippen LogP contribution < -0.4 is 22.5 Å². The van der Waals surface area contributed by atoms with E-state index in [1.807, 2.05) is 6.07 Å². The highest BCUT2D eigenvalue weighted by molar-refractivity contribution is 7.85. The van der Waals surface area contributed by atoms with Crippen LogP contribution in [0.15, 0.2) is 76.6 Å². The third-order valence-electron chi connectivity index (χ3n) is 10.7. The van der Waals surface area contributed by atoms with Crippen molar-refractivity contribution < 1.29 is 35.7 Å². The molecular weight excluding hydrogens is 778 g/mol. The third kappa shape index (κ3) is 8.76. The molecule has 0 saturated heterocycles. The summed E-state index contributed by atoms with van der Waals surface area (Å²) in [5.74, 6) is -0.274. The molecule has 2 aromatic heterocycles. The van der Waals surface area contributed by atoms with E-state index in [9.17, 15) is 45.8 Å². The van der Waals surface area contributed by atoms with Crippen LogP contribution in [-0.2, 0) is 27.5 Å². The number of aromatic nitrogens is 4. The number of nitrogens with zero attached hydrogens (tertiary/aromatic N) is 5. The van der Waals surface area contributed by atoms with Crippen LogP contribution in [0.2, 0.25) is 0 Å². The first-order chi connectivity index (χ1) is 26.9. The van der Waals surface area contributed by atoms with Crippen LogP contribution in [0.25, 0.3) is 22.8 Å².